The molecule has 0 unspecified atom stereocenters. The molecule has 1 aromatic heterocycles. The second kappa shape index (κ2) is 8.01. The summed E-state index contributed by atoms with van der Waals surface area (Å²) in [7, 11) is 0. The molecule has 0 bridgehead atoms. The molecule has 0 saturated carbocycles. The van der Waals surface area contributed by atoms with Gasteiger partial charge in [-0.3, -0.25) is 4.79 Å². The molecule has 1 aromatic carbocycles. The van der Waals surface area contributed by atoms with Crippen LogP contribution >= 0.6 is 11.3 Å². The van der Waals surface area contributed by atoms with Gasteiger partial charge in [-0.2, -0.15) is 0 Å². The summed E-state index contributed by atoms with van der Waals surface area (Å²) < 4.78 is 18.2. The Morgan fingerprint density at radius 3 is 2.62 bits per heavy atom. The molecule has 0 saturated heterocycles. The first-order valence-electron chi connectivity index (χ1n) is 7.64. The van der Waals surface area contributed by atoms with Gasteiger partial charge in [0.15, 0.2) is 6.10 Å². The van der Waals surface area contributed by atoms with Crippen LogP contribution in [0.15, 0.2) is 24.3 Å². The Morgan fingerprint density at radius 2 is 2.00 bits per heavy atom. The van der Waals surface area contributed by atoms with Gasteiger partial charge in [0, 0.05) is 12.1 Å². The van der Waals surface area contributed by atoms with E-state index in [1.54, 1.807) is 19.1 Å². The van der Waals surface area contributed by atoms with Crippen LogP contribution in [-0.2, 0) is 9.53 Å². The minimum Gasteiger partial charge on any atom is -0.448 e. The summed E-state index contributed by atoms with van der Waals surface area (Å²) in [6, 6.07) is 5.88. The zero-order chi connectivity index (χ0) is 17.7. The first kappa shape index (κ1) is 18.1. The molecule has 1 amide bonds. The van der Waals surface area contributed by atoms with E-state index in [1.165, 1.54) is 19.1 Å². The number of carbonyl (C=O) groups excluding carboxylic acids is 2. The van der Waals surface area contributed by atoms with Crippen molar-refractivity contribution in [1.29, 1.82) is 0 Å². The van der Waals surface area contributed by atoms with Gasteiger partial charge in [0.2, 0.25) is 0 Å². The Morgan fingerprint density at radius 1 is 1.33 bits per heavy atom. The number of nitrogens with zero attached hydrogens (tertiary/aromatic N) is 1. The number of aromatic nitrogens is 1. The highest BCUT2D eigenvalue weighted by atomic mass is 32.1. The molecule has 0 radical (unpaired) electrons. The third kappa shape index (κ3) is 4.38. The number of ether oxygens (including phenoxy) is 1. The van der Waals surface area contributed by atoms with Gasteiger partial charge >= 0.3 is 5.97 Å². The van der Waals surface area contributed by atoms with Crippen molar-refractivity contribution in [2.75, 3.05) is 6.54 Å². The molecule has 1 atom stereocenters. The van der Waals surface area contributed by atoms with E-state index in [0.717, 1.165) is 23.3 Å². The van der Waals surface area contributed by atoms with Crippen LogP contribution in [-0.4, -0.2) is 29.5 Å². The molecule has 1 heterocycles. The van der Waals surface area contributed by atoms with Crippen LogP contribution in [0.4, 0.5) is 4.39 Å². The van der Waals surface area contributed by atoms with Crippen LogP contribution in [0.2, 0.25) is 0 Å². The third-order valence-electron chi connectivity index (χ3n) is 3.28. The highest BCUT2D eigenvalue weighted by Gasteiger charge is 2.22. The molecular weight excluding hydrogens is 331 g/mol. The van der Waals surface area contributed by atoms with E-state index in [9.17, 15) is 14.0 Å². The number of rotatable bonds is 6. The van der Waals surface area contributed by atoms with Gasteiger partial charge in [-0.25, -0.2) is 14.2 Å². The monoisotopic (exact) mass is 350 g/mol. The molecule has 0 spiro atoms. The zero-order valence-electron chi connectivity index (χ0n) is 13.8. The van der Waals surface area contributed by atoms with E-state index in [4.69, 9.17) is 4.74 Å². The molecule has 7 heteroatoms. The molecule has 24 heavy (non-hydrogen) atoms. The molecule has 128 valence electrons. The summed E-state index contributed by atoms with van der Waals surface area (Å²) in [6.45, 7) is 5.70. The van der Waals surface area contributed by atoms with Gasteiger partial charge in [-0.1, -0.05) is 6.92 Å². The van der Waals surface area contributed by atoms with Crippen LogP contribution in [0.25, 0.3) is 10.6 Å². The predicted octanol–water partition coefficient (Wildman–Crippen LogP) is 3.33. The highest BCUT2D eigenvalue weighted by molar-refractivity contribution is 7.17. The number of esters is 1. The molecule has 0 aliphatic heterocycles. The molecule has 2 rings (SSSR count). The quantitative estimate of drug-likeness (QED) is 0.812. The molecule has 0 aliphatic rings. The first-order valence-corrected chi connectivity index (χ1v) is 8.46. The number of hydrogen-bond acceptors (Lipinski definition) is 5. The van der Waals surface area contributed by atoms with Crippen molar-refractivity contribution in [1.82, 2.24) is 10.3 Å². The lowest BCUT2D eigenvalue weighted by molar-refractivity contribution is -0.129. The Kier molecular flexibility index (Phi) is 6.03. The topological polar surface area (TPSA) is 68.3 Å². The smallest absolute Gasteiger partial charge is 0.351 e. The van der Waals surface area contributed by atoms with Crippen molar-refractivity contribution < 1.29 is 18.7 Å². The first-order chi connectivity index (χ1) is 11.4. The normalized spacial score (nSPS) is 11.8. The van der Waals surface area contributed by atoms with Crippen molar-refractivity contribution in [2.45, 2.75) is 33.3 Å². The lowest BCUT2D eigenvalue weighted by Gasteiger charge is -2.12. The van der Waals surface area contributed by atoms with Crippen LogP contribution in [0, 0.1) is 12.7 Å². The number of nitrogens with one attached hydrogen (secondary N) is 1. The second-order valence-corrected chi connectivity index (χ2v) is 6.28. The Hall–Kier alpha value is -2.28. The second-order valence-electron chi connectivity index (χ2n) is 5.28. The maximum atomic E-state index is 13.0. The average molecular weight is 350 g/mol. The Balaban J connectivity index is 2.10. The fourth-order valence-electron chi connectivity index (χ4n) is 1.96. The number of amides is 1. The average Bonchev–Trinajstić information content (AvgIpc) is 2.95. The predicted molar refractivity (Wildman–Crippen MR) is 90.4 cm³/mol. The minimum absolute atomic E-state index is 0.328. The summed E-state index contributed by atoms with van der Waals surface area (Å²) in [6.07, 6.45) is -0.0682. The Bertz CT molecular complexity index is 728. The van der Waals surface area contributed by atoms with Gasteiger partial charge in [0.05, 0.1) is 5.69 Å². The van der Waals surface area contributed by atoms with Gasteiger partial charge in [0.1, 0.15) is 15.7 Å². The molecule has 1 N–H and O–H groups in total. The Labute approximate surface area is 143 Å². The zero-order valence-corrected chi connectivity index (χ0v) is 14.6. The van der Waals surface area contributed by atoms with Crippen molar-refractivity contribution in [3.05, 3.63) is 40.7 Å². The molecular formula is C17H19FN2O3S. The van der Waals surface area contributed by atoms with Crippen molar-refractivity contribution in [2.24, 2.45) is 0 Å². The van der Waals surface area contributed by atoms with Gasteiger partial charge < -0.3 is 10.1 Å². The van der Waals surface area contributed by atoms with Crippen LogP contribution in [0.5, 0.6) is 0 Å². The van der Waals surface area contributed by atoms with Crippen molar-refractivity contribution in [3.63, 3.8) is 0 Å². The van der Waals surface area contributed by atoms with Gasteiger partial charge in [-0.05, 0) is 44.5 Å². The summed E-state index contributed by atoms with van der Waals surface area (Å²) in [5, 5.41) is 3.28. The maximum Gasteiger partial charge on any atom is 0.351 e. The van der Waals surface area contributed by atoms with E-state index < -0.39 is 12.1 Å². The molecule has 0 aliphatic carbocycles. The number of thiazole rings is 1. The lowest BCUT2D eigenvalue weighted by Crippen LogP contribution is -2.36. The number of hydrogen-bond donors (Lipinski definition) is 1. The molecule has 2 aromatic rings. The fourth-order valence-corrected chi connectivity index (χ4v) is 2.92. The number of aryl methyl sites for hydroxylation is 1. The summed E-state index contributed by atoms with van der Waals surface area (Å²) in [4.78, 5) is 28.7. The number of halogens is 1. The van der Waals surface area contributed by atoms with Crippen LogP contribution < -0.4 is 5.32 Å². The number of carbonyl (C=O) groups is 2. The largest absolute Gasteiger partial charge is 0.448 e. The lowest BCUT2D eigenvalue weighted by atomic mass is 10.2. The van der Waals surface area contributed by atoms with Gasteiger partial charge in [-0.15, -0.1) is 11.3 Å². The summed E-state index contributed by atoms with van der Waals surface area (Å²) in [5.41, 5.74) is 1.24. The van der Waals surface area contributed by atoms with Crippen molar-refractivity contribution in [3.8, 4) is 10.6 Å². The highest BCUT2D eigenvalue weighted by Crippen LogP contribution is 2.28. The summed E-state index contributed by atoms with van der Waals surface area (Å²) in [5.74, 6) is -1.25. The van der Waals surface area contributed by atoms with E-state index in [2.05, 4.69) is 10.3 Å². The summed E-state index contributed by atoms with van der Waals surface area (Å²) >= 11 is 1.16. The van der Waals surface area contributed by atoms with E-state index in [-0.39, 0.29) is 11.7 Å². The van der Waals surface area contributed by atoms with Gasteiger partial charge in [0.25, 0.3) is 5.91 Å². The fraction of sp³-hybridized carbons (Fsp3) is 0.353. The maximum absolute atomic E-state index is 13.0. The minimum atomic E-state index is -0.875. The third-order valence-corrected chi connectivity index (χ3v) is 4.46. The molecule has 0 fully saturated rings. The van der Waals surface area contributed by atoms with E-state index in [1.807, 2.05) is 6.92 Å². The molecule has 5 nitrogen and oxygen atoms in total. The van der Waals surface area contributed by atoms with Crippen molar-refractivity contribution >= 4 is 23.2 Å². The van der Waals surface area contributed by atoms with E-state index in [0.29, 0.717) is 22.1 Å². The van der Waals surface area contributed by atoms with Crippen LogP contribution in [0.3, 0.4) is 0 Å². The van der Waals surface area contributed by atoms with Crippen LogP contribution in [0.1, 0.15) is 35.6 Å². The van der Waals surface area contributed by atoms with E-state index >= 15 is 0 Å². The number of benzene rings is 1. The standard InChI is InChI=1S/C17H19FN2O3S/c1-4-9-19-15(21)11(3)23-17(22)14-10(2)20-16(24-14)12-5-7-13(18)8-6-12/h5-8,11H,4,9H2,1-3H3,(H,19,21)/t11-/m1/s1. The SMILES string of the molecule is CCCNC(=O)[C@@H](C)OC(=O)c1sc(-c2ccc(F)cc2)nc1C.